The Bertz CT molecular complexity index is 581. The van der Waals surface area contributed by atoms with Crippen LogP contribution in [0.3, 0.4) is 0 Å². The molecule has 1 atom stereocenters. The van der Waals surface area contributed by atoms with E-state index in [0.29, 0.717) is 35.8 Å². The molecule has 1 aromatic carbocycles. The van der Waals surface area contributed by atoms with Crippen LogP contribution in [0.15, 0.2) is 24.3 Å². The molecule has 1 unspecified atom stereocenters. The van der Waals surface area contributed by atoms with Crippen molar-refractivity contribution in [1.29, 1.82) is 0 Å². The van der Waals surface area contributed by atoms with E-state index in [-0.39, 0.29) is 17.7 Å². The van der Waals surface area contributed by atoms with E-state index in [1.165, 1.54) is 0 Å². The number of hydrogen-bond donors (Lipinski definition) is 1. The van der Waals surface area contributed by atoms with Crippen LogP contribution in [-0.2, 0) is 4.79 Å². The third kappa shape index (κ3) is 3.75. The minimum Gasteiger partial charge on any atom is -0.354 e. The molecule has 2 rings (SSSR count). The summed E-state index contributed by atoms with van der Waals surface area (Å²) in [5.74, 6) is -0.00920. The van der Waals surface area contributed by atoms with E-state index in [9.17, 15) is 14.4 Å². The highest BCUT2D eigenvalue weighted by Gasteiger charge is 2.42. The fourth-order valence-corrected chi connectivity index (χ4v) is 2.98. The van der Waals surface area contributed by atoms with Crippen molar-refractivity contribution in [3.8, 4) is 0 Å². The Morgan fingerprint density at radius 2 is 1.74 bits per heavy atom. The molecule has 1 heterocycles. The van der Waals surface area contributed by atoms with Gasteiger partial charge in [0, 0.05) is 6.54 Å². The molecule has 124 valence electrons. The molecule has 1 aromatic rings. The molecule has 0 fully saturated rings. The number of carbonyl (C=O) groups excluding carboxylic acids is 3. The predicted molar refractivity (Wildman–Crippen MR) is 91.6 cm³/mol. The summed E-state index contributed by atoms with van der Waals surface area (Å²) in [5.41, 5.74) is 0.756. The minimum atomic E-state index is -0.756. The zero-order valence-electron chi connectivity index (χ0n) is 13.7. The van der Waals surface area contributed by atoms with Crippen LogP contribution in [0.4, 0.5) is 0 Å². The number of carbonyl (C=O) groups is 3. The van der Waals surface area contributed by atoms with Crippen molar-refractivity contribution in [1.82, 2.24) is 10.2 Å². The van der Waals surface area contributed by atoms with Crippen LogP contribution >= 0.6 is 11.8 Å². The first-order valence-electron chi connectivity index (χ1n) is 7.71. The van der Waals surface area contributed by atoms with Gasteiger partial charge < -0.3 is 5.32 Å². The summed E-state index contributed by atoms with van der Waals surface area (Å²) < 4.78 is 0. The summed E-state index contributed by atoms with van der Waals surface area (Å²) in [6, 6.07) is 5.96. The first kappa shape index (κ1) is 17.5. The highest BCUT2D eigenvalue weighted by Crippen LogP contribution is 2.26. The minimum absolute atomic E-state index is 0.262. The lowest BCUT2D eigenvalue weighted by molar-refractivity contribution is -0.125. The average Bonchev–Trinajstić information content (AvgIpc) is 2.78. The van der Waals surface area contributed by atoms with Crippen molar-refractivity contribution in [3.63, 3.8) is 0 Å². The Kier molecular flexibility index (Phi) is 5.82. The number of hydrogen-bond acceptors (Lipinski definition) is 4. The van der Waals surface area contributed by atoms with E-state index >= 15 is 0 Å². The maximum absolute atomic E-state index is 12.6. The Balaban J connectivity index is 2.24. The van der Waals surface area contributed by atoms with Crippen LogP contribution in [0.1, 0.15) is 41.0 Å². The van der Waals surface area contributed by atoms with E-state index in [0.717, 1.165) is 4.90 Å². The van der Waals surface area contributed by atoms with Gasteiger partial charge in [0.2, 0.25) is 5.91 Å². The van der Waals surface area contributed by atoms with Crippen LogP contribution in [0.2, 0.25) is 0 Å². The molecular weight excluding hydrogens is 312 g/mol. The molecule has 5 nitrogen and oxygen atoms in total. The third-order valence-corrected chi connectivity index (χ3v) is 4.36. The van der Waals surface area contributed by atoms with Gasteiger partial charge in [0.1, 0.15) is 6.04 Å². The molecule has 0 spiro atoms. The average molecular weight is 334 g/mol. The second-order valence-corrected chi connectivity index (χ2v) is 6.95. The molecule has 1 N–H and O–H groups in total. The molecule has 0 aliphatic carbocycles. The molecule has 23 heavy (non-hydrogen) atoms. The summed E-state index contributed by atoms with van der Waals surface area (Å²) in [5, 5.41) is 2.84. The van der Waals surface area contributed by atoms with E-state index in [1.807, 2.05) is 20.1 Å². The number of fused-ring (bicyclic) bond motifs is 1. The van der Waals surface area contributed by atoms with Gasteiger partial charge in [-0.05, 0) is 36.5 Å². The van der Waals surface area contributed by atoms with E-state index in [4.69, 9.17) is 0 Å². The van der Waals surface area contributed by atoms with Crippen LogP contribution in [0.5, 0.6) is 0 Å². The van der Waals surface area contributed by atoms with E-state index < -0.39 is 6.04 Å². The normalized spacial score (nSPS) is 15.0. The van der Waals surface area contributed by atoms with Crippen molar-refractivity contribution in [3.05, 3.63) is 35.4 Å². The molecule has 0 aromatic heterocycles. The monoisotopic (exact) mass is 334 g/mol. The SMILES string of the molecule is CSCCC(C(=O)NCC(C)C)N1C(=O)c2ccccc2C1=O. The van der Waals surface area contributed by atoms with Crippen molar-refractivity contribution in [2.24, 2.45) is 5.92 Å². The van der Waals surface area contributed by atoms with Crippen LogP contribution in [-0.4, -0.2) is 47.2 Å². The smallest absolute Gasteiger partial charge is 0.262 e. The van der Waals surface area contributed by atoms with Crippen LogP contribution < -0.4 is 5.32 Å². The van der Waals surface area contributed by atoms with Gasteiger partial charge in [-0.3, -0.25) is 19.3 Å². The Morgan fingerprint density at radius 3 is 2.22 bits per heavy atom. The topological polar surface area (TPSA) is 66.5 Å². The second kappa shape index (κ2) is 7.64. The molecule has 3 amide bonds. The van der Waals surface area contributed by atoms with Gasteiger partial charge in [0.05, 0.1) is 11.1 Å². The zero-order chi connectivity index (χ0) is 17.0. The summed E-state index contributed by atoms with van der Waals surface area (Å²) >= 11 is 1.59. The molecule has 0 saturated carbocycles. The summed E-state index contributed by atoms with van der Waals surface area (Å²) in [6.45, 7) is 4.52. The lowest BCUT2D eigenvalue weighted by atomic mass is 10.1. The fraction of sp³-hybridized carbons (Fsp3) is 0.471. The molecule has 1 aliphatic heterocycles. The van der Waals surface area contributed by atoms with Gasteiger partial charge in [-0.25, -0.2) is 0 Å². The Hall–Kier alpha value is -1.82. The van der Waals surface area contributed by atoms with Crippen molar-refractivity contribution < 1.29 is 14.4 Å². The van der Waals surface area contributed by atoms with Crippen molar-refractivity contribution in [2.75, 3.05) is 18.6 Å². The van der Waals surface area contributed by atoms with Gasteiger partial charge in [-0.2, -0.15) is 11.8 Å². The molecule has 0 saturated heterocycles. The summed E-state index contributed by atoms with van der Waals surface area (Å²) in [4.78, 5) is 38.8. The molecule has 0 bridgehead atoms. The maximum atomic E-state index is 12.6. The largest absolute Gasteiger partial charge is 0.354 e. The van der Waals surface area contributed by atoms with Gasteiger partial charge in [-0.1, -0.05) is 26.0 Å². The highest BCUT2D eigenvalue weighted by molar-refractivity contribution is 7.98. The first-order valence-corrected chi connectivity index (χ1v) is 9.10. The Labute approximate surface area is 140 Å². The molecule has 0 radical (unpaired) electrons. The van der Waals surface area contributed by atoms with Crippen molar-refractivity contribution in [2.45, 2.75) is 26.3 Å². The highest BCUT2D eigenvalue weighted by atomic mass is 32.2. The molecular formula is C17H22N2O3S. The summed E-state index contributed by atoms with van der Waals surface area (Å²) in [6.07, 6.45) is 2.39. The number of nitrogens with one attached hydrogen (secondary N) is 1. The fourth-order valence-electron chi connectivity index (χ4n) is 2.52. The maximum Gasteiger partial charge on any atom is 0.262 e. The lowest BCUT2D eigenvalue weighted by Crippen LogP contribution is -2.50. The molecule has 1 aliphatic rings. The van der Waals surface area contributed by atoms with Gasteiger partial charge in [0.25, 0.3) is 11.8 Å². The Morgan fingerprint density at radius 1 is 1.17 bits per heavy atom. The quantitative estimate of drug-likeness (QED) is 0.776. The van der Waals surface area contributed by atoms with Gasteiger partial charge in [0.15, 0.2) is 0 Å². The number of nitrogens with zero attached hydrogens (tertiary/aromatic N) is 1. The van der Waals surface area contributed by atoms with Gasteiger partial charge in [-0.15, -0.1) is 0 Å². The van der Waals surface area contributed by atoms with Crippen LogP contribution in [0, 0.1) is 5.92 Å². The number of imide groups is 1. The summed E-state index contributed by atoms with van der Waals surface area (Å²) in [7, 11) is 0. The van der Waals surface area contributed by atoms with E-state index in [1.54, 1.807) is 36.0 Å². The van der Waals surface area contributed by atoms with Crippen LogP contribution in [0.25, 0.3) is 0 Å². The van der Waals surface area contributed by atoms with Crippen molar-refractivity contribution >= 4 is 29.5 Å². The standard InChI is InChI=1S/C17H22N2O3S/c1-11(2)10-18-15(20)14(8-9-23-3)19-16(21)12-6-4-5-7-13(12)17(19)22/h4-7,11,14H,8-10H2,1-3H3,(H,18,20). The third-order valence-electron chi connectivity index (χ3n) is 3.72. The zero-order valence-corrected chi connectivity index (χ0v) is 14.5. The lowest BCUT2D eigenvalue weighted by Gasteiger charge is -2.25. The van der Waals surface area contributed by atoms with Gasteiger partial charge >= 0.3 is 0 Å². The second-order valence-electron chi connectivity index (χ2n) is 5.96. The number of rotatable bonds is 7. The number of thioether (sulfide) groups is 1. The first-order chi connectivity index (χ1) is 11.0. The van der Waals surface area contributed by atoms with E-state index in [2.05, 4.69) is 5.32 Å². The predicted octanol–water partition coefficient (Wildman–Crippen LogP) is 2.18. The number of benzene rings is 1. The molecule has 6 heteroatoms. The number of amides is 3.